The third-order valence-electron chi connectivity index (χ3n) is 3.74. The Labute approximate surface area is 123 Å². The number of rotatable bonds is 6. The van der Waals surface area contributed by atoms with Crippen molar-refractivity contribution >= 4 is 5.97 Å². The molecule has 0 amide bonds. The molecule has 6 nitrogen and oxygen atoms in total. The lowest BCUT2D eigenvalue weighted by atomic mass is 10.0. The molecule has 1 aromatic carbocycles. The Morgan fingerprint density at radius 1 is 1.48 bits per heavy atom. The number of aromatic hydroxyl groups is 1. The molecule has 1 fully saturated rings. The molecule has 0 spiro atoms. The smallest absolute Gasteiger partial charge is 0.310 e. The van der Waals surface area contributed by atoms with Crippen LogP contribution in [-0.2, 0) is 16.1 Å². The molecule has 1 heterocycles. The third kappa shape index (κ3) is 3.46. The van der Waals surface area contributed by atoms with Gasteiger partial charge in [0, 0.05) is 18.2 Å². The van der Waals surface area contributed by atoms with Crippen LogP contribution in [-0.4, -0.2) is 54.0 Å². The normalized spacial score (nSPS) is 21.7. The predicted octanol–water partition coefficient (Wildman–Crippen LogP) is 1.32. The molecule has 2 N–H and O–H groups in total. The molecule has 0 saturated carbocycles. The lowest BCUT2D eigenvalue weighted by Crippen LogP contribution is -2.40. The van der Waals surface area contributed by atoms with Gasteiger partial charge in [-0.25, -0.2) is 0 Å². The van der Waals surface area contributed by atoms with Crippen LogP contribution < -0.4 is 4.74 Å². The van der Waals surface area contributed by atoms with Crippen LogP contribution in [0.2, 0.25) is 0 Å². The zero-order chi connectivity index (χ0) is 15.4. The second-order valence-electron chi connectivity index (χ2n) is 5.16. The van der Waals surface area contributed by atoms with Gasteiger partial charge in [0.15, 0.2) is 11.5 Å². The fourth-order valence-electron chi connectivity index (χ4n) is 2.57. The Kier molecular flexibility index (Phi) is 5.03. The van der Waals surface area contributed by atoms with E-state index in [0.717, 1.165) is 0 Å². The van der Waals surface area contributed by atoms with Crippen molar-refractivity contribution in [1.82, 2.24) is 4.90 Å². The van der Waals surface area contributed by atoms with Crippen molar-refractivity contribution in [3.63, 3.8) is 0 Å². The summed E-state index contributed by atoms with van der Waals surface area (Å²) in [6.45, 7) is 3.38. The minimum absolute atomic E-state index is 0.108. The molecule has 1 aliphatic heterocycles. The van der Waals surface area contributed by atoms with Crippen LogP contribution in [0.15, 0.2) is 18.2 Å². The third-order valence-corrected chi connectivity index (χ3v) is 3.74. The Bertz CT molecular complexity index is 505. The number of phenols is 1. The van der Waals surface area contributed by atoms with E-state index in [4.69, 9.17) is 9.47 Å². The van der Waals surface area contributed by atoms with Crippen molar-refractivity contribution in [2.24, 2.45) is 5.92 Å². The molecule has 2 atom stereocenters. The van der Waals surface area contributed by atoms with E-state index < -0.39 is 11.9 Å². The number of likely N-dealkylation sites (N-methyl/N-ethyl adjacent to an activating group) is 1. The first-order chi connectivity index (χ1) is 10.0. The van der Waals surface area contributed by atoms with Gasteiger partial charge in [-0.3, -0.25) is 9.69 Å². The fourth-order valence-corrected chi connectivity index (χ4v) is 2.57. The first-order valence-electron chi connectivity index (χ1n) is 6.99. The standard InChI is InChI=1S/C15H21NO5/c1-3-21-13-6-4-5-10(14(13)17)7-16(2)12-9-20-8-11(12)15(18)19/h4-6,11-12,17H,3,7-9H2,1-2H3,(H,18,19). The van der Waals surface area contributed by atoms with E-state index in [1.54, 1.807) is 12.1 Å². The number of para-hydroxylation sites is 1. The van der Waals surface area contributed by atoms with Gasteiger partial charge in [0.05, 0.1) is 25.7 Å². The number of carboxylic acid groups (broad SMARTS) is 1. The predicted molar refractivity (Wildman–Crippen MR) is 76.5 cm³/mol. The van der Waals surface area contributed by atoms with Gasteiger partial charge in [-0.2, -0.15) is 0 Å². The number of carboxylic acids is 1. The summed E-state index contributed by atoms with van der Waals surface area (Å²) in [7, 11) is 1.84. The molecule has 1 saturated heterocycles. The maximum Gasteiger partial charge on any atom is 0.310 e. The first kappa shape index (κ1) is 15.6. The highest BCUT2D eigenvalue weighted by Gasteiger charge is 2.36. The Balaban J connectivity index is 2.10. The summed E-state index contributed by atoms with van der Waals surface area (Å²) < 4.78 is 10.6. The quantitative estimate of drug-likeness (QED) is 0.824. The van der Waals surface area contributed by atoms with E-state index in [0.29, 0.717) is 31.1 Å². The largest absolute Gasteiger partial charge is 0.504 e. The van der Waals surface area contributed by atoms with Gasteiger partial charge in [0.25, 0.3) is 0 Å². The van der Waals surface area contributed by atoms with Gasteiger partial charge in [0.1, 0.15) is 0 Å². The van der Waals surface area contributed by atoms with E-state index in [2.05, 4.69) is 0 Å². The van der Waals surface area contributed by atoms with Crippen LogP contribution in [0.1, 0.15) is 12.5 Å². The Morgan fingerprint density at radius 2 is 2.24 bits per heavy atom. The van der Waals surface area contributed by atoms with Crippen molar-refractivity contribution in [3.8, 4) is 11.5 Å². The SMILES string of the molecule is CCOc1cccc(CN(C)C2COCC2C(=O)O)c1O. The number of benzene rings is 1. The Hall–Kier alpha value is -1.79. The van der Waals surface area contributed by atoms with Crippen molar-refractivity contribution < 1.29 is 24.5 Å². The monoisotopic (exact) mass is 295 g/mol. The fraction of sp³-hybridized carbons (Fsp3) is 0.533. The summed E-state index contributed by atoms with van der Waals surface area (Å²) in [4.78, 5) is 13.1. The van der Waals surface area contributed by atoms with Gasteiger partial charge in [0.2, 0.25) is 0 Å². The van der Waals surface area contributed by atoms with Crippen LogP contribution >= 0.6 is 0 Å². The highest BCUT2D eigenvalue weighted by Crippen LogP contribution is 2.31. The van der Waals surface area contributed by atoms with Crippen LogP contribution in [0, 0.1) is 5.92 Å². The number of carbonyl (C=O) groups is 1. The van der Waals surface area contributed by atoms with Crippen molar-refractivity contribution in [1.29, 1.82) is 0 Å². The number of ether oxygens (including phenoxy) is 2. The first-order valence-corrected chi connectivity index (χ1v) is 6.99. The van der Waals surface area contributed by atoms with E-state index in [1.807, 2.05) is 24.9 Å². The number of phenolic OH excluding ortho intramolecular Hbond substituents is 1. The van der Waals surface area contributed by atoms with Crippen molar-refractivity contribution in [3.05, 3.63) is 23.8 Å². The molecular weight excluding hydrogens is 274 g/mol. The van der Waals surface area contributed by atoms with Crippen LogP contribution in [0.25, 0.3) is 0 Å². The highest BCUT2D eigenvalue weighted by molar-refractivity contribution is 5.71. The van der Waals surface area contributed by atoms with Crippen LogP contribution in [0.4, 0.5) is 0 Å². The molecule has 2 rings (SSSR count). The summed E-state index contributed by atoms with van der Waals surface area (Å²) in [5.74, 6) is -0.832. The number of nitrogens with zero attached hydrogens (tertiary/aromatic N) is 1. The molecule has 0 aliphatic carbocycles. The maximum absolute atomic E-state index is 11.2. The van der Waals surface area contributed by atoms with E-state index in [9.17, 15) is 15.0 Å². The summed E-state index contributed by atoms with van der Waals surface area (Å²) in [6.07, 6.45) is 0. The van der Waals surface area contributed by atoms with E-state index in [-0.39, 0.29) is 18.4 Å². The molecule has 0 bridgehead atoms. The Morgan fingerprint density at radius 3 is 2.90 bits per heavy atom. The summed E-state index contributed by atoms with van der Waals surface area (Å²) in [5, 5.41) is 19.4. The summed E-state index contributed by atoms with van der Waals surface area (Å²) in [5.41, 5.74) is 0.708. The van der Waals surface area contributed by atoms with E-state index >= 15 is 0 Å². The number of hydrogen-bond donors (Lipinski definition) is 2. The van der Waals surface area contributed by atoms with Gasteiger partial charge in [-0.15, -0.1) is 0 Å². The molecule has 1 aliphatic rings. The minimum atomic E-state index is -0.850. The summed E-state index contributed by atoms with van der Waals surface area (Å²) in [6, 6.07) is 5.13. The number of hydrogen-bond acceptors (Lipinski definition) is 5. The molecule has 1 aromatic rings. The number of aliphatic carboxylic acids is 1. The molecule has 116 valence electrons. The summed E-state index contributed by atoms with van der Waals surface area (Å²) >= 11 is 0. The highest BCUT2D eigenvalue weighted by atomic mass is 16.5. The molecule has 2 unspecified atom stereocenters. The topological polar surface area (TPSA) is 79.2 Å². The molecule has 21 heavy (non-hydrogen) atoms. The maximum atomic E-state index is 11.2. The molecule has 0 radical (unpaired) electrons. The van der Waals surface area contributed by atoms with Crippen molar-refractivity contribution in [2.45, 2.75) is 19.5 Å². The lowest BCUT2D eigenvalue weighted by molar-refractivity contribution is -0.143. The van der Waals surface area contributed by atoms with Gasteiger partial charge in [-0.05, 0) is 20.0 Å². The average Bonchev–Trinajstić information content (AvgIpc) is 2.93. The van der Waals surface area contributed by atoms with Crippen LogP contribution in [0.3, 0.4) is 0 Å². The zero-order valence-electron chi connectivity index (χ0n) is 12.3. The van der Waals surface area contributed by atoms with Gasteiger partial charge >= 0.3 is 5.97 Å². The van der Waals surface area contributed by atoms with E-state index in [1.165, 1.54) is 0 Å². The van der Waals surface area contributed by atoms with Crippen molar-refractivity contribution in [2.75, 3.05) is 26.9 Å². The van der Waals surface area contributed by atoms with Crippen LogP contribution in [0.5, 0.6) is 11.5 Å². The second kappa shape index (κ2) is 6.78. The van der Waals surface area contributed by atoms with Gasteiger partial charge < -0.3 is 19.7 Å². The molecular formula is C15H21NO5. The minimum Gasteiger partial charge on any atom is -0.504 e. The lowest BCUT2D eigenvalue weighted by Gasteiger charge is -2.26. The second-order valence-corrected chi connectivity index (χ2v) is 5.16. The average molecular weight is 295 g/mol. The van der Waals surface area contributed by atoms with Gasteiger partial charge in [-0.1, -0.05) is 12.1 Å². The zero-order valence-corrected chi connectivity index (χ0v) is 12.3. The molecule has 0 aromatic heterocycles. The molecule has 6 heteroatoms.